The van der Waals surface area contributed by atoms with Crippen LogP contribution in [0.5, 0.6) is 11.5 Å². The van der Waals surface area contributed by atoms with E-state index < -0.39 is 12.5 Å². The first kappa shape index (κ1) is 17.1. The summed E-state index contributed by atoms with van der Waals surface area (Å²) in [5.41, 5.74) is 1.21. The third-order valence-electron chi connectivity index (χ3n) is 3.90. The van der Waals surface area contributed by atoms with Crippen LogP contribution in [0.15, 0.2) is 48.5 Å². The molecule has 132 valence electrons. The number of carbonyl (C=O) groups is 1. The minimum absolute atomic E-state index is 0.0126. The number of halogens is 3. The van der Waals surface area contributed by atoms with E-state index >= 15 is 0 Å². The van der Waals surface area contributed by atoms with Crippen molar-refractivity contribution in [2.24, 2.45) is 0 Å². The van der Waals surface area contributed by atoms with Gasteiger partial charge in [0, 0.05) is 25.6 Å². The van der Waals surface area contributed by atoms with Crippen LogP contribution in [0.2, 0.25) is 0 Å². The lowest BCUT2D eigenvalue weighted by atomic mass is 10.1. The molecule has 25 heavy (non-hydrogen) atoms. The molecule has 0 saturated carbocycles. The minimum atomic E-state index is -4.78. The number of nitrogens with zero attached hydrogens (tertiary/aromatic N) is 1. The molecule has 3 rings (SSSR count). The Labute approximate surface area is 142 Å². The SMILES string of the molecule is CN(Cc1ccccc1OC(F)(F)F)C(=O)[C@H]1Cc2ccccc2O1. The van der Waals surface area contributed by atoms with E-state index in [0.29, 0.717) is 12.2 Å². The number of hydrogen-bond acceptors (Lipinski definition) is 3. The zero-order valence-electron chi connectivity index (χ0n) is 13.4. The Morgan fingerprint density at radius 1 is 1.20 bits per heavy atom. The molecule has 1 aliphatic rings. The molecule has 2 aromatic rings. The van der Waals surface area contributed by atoms with Crippen LogP contribution < -0.4 is 9.47 Å². The van der Waals surface area contributed by atoms with E-state index in [4.69, 9.17) is 4.74 Å². The van der Waals surface area contributed by atoms with Crippen molar-refractivity contribution in [2.45, 2.75) is 25.4 Å². The molecule has 1 heterocycles. The molecule has 7 heteroatoms. The van der Waals surface area contributed by atoms with Crippen LogP contribution in [0.25, 0.3) is 0 Å². The van der Waals surface area contributed by atoms with Crippen molar-refractivity contribution in [3.63, 3.8) is 0 Å². The molecule has 1 atom stereocenters. The van der Waals surface area contributed by atoms with Gasteiger partial charge >= 0.3 is 6.36 Å². The molecule has 0 radical (unpaired) electrons. The molecule has 1 amide bonds. The summed E-state index contributed by atoms with van der Waals surface area (Å²) in [7, 11) is 1.53. The Morgan fingerprint density at radius 3 is 2.60 bits per heavy atom. The number of para-hydroxylation sites is 2. The van der Waals surface area contributed by atoms with E-state index in [1.165, 1.54) is 30.1 Å². The van der Waals surface area contributed by atoms with Crippen molar-refractivity contribution >= 4 is 5.91 Å². The van der Waals surface area contributed by atoms with Crippen LogP contribution in [-0.4, -0.2) is 30.3 Å². The average molecular weight is 351 g/mol. The second-order valence-corrected chi connectivity index (χ2v) is 5.77. The lowest BCUT2D eigenvalue weighted by Gasteiger charge is -2.22. The molecule has 0 bridgehead atoms. The van der Waals surface area contributed by atoms with Crippen LogP contribution in [-0.2, 0) is 17.8 Å². The molecule has 2 aromatic carbocycles. The Morgan fingerprint density at radius 2 is 1.88 bits per heavy atom. The zero-order valence-corrected chi connectivity index (χ0v) is 13.4. The number of alkyl halides is 3. The lowest BCUT2D eigenvalue weighted by molar-refractivity contribution is -0.275. The minimum Gasteiger partial charge on any atom is -0.480 e. The van der Waals surface area contributed by atoms with Crippen LogP contribution in [0, 0.1) is 0 Å². The Hall–Kier alpha value is -2.70. The van der Waals surface area contributed by atoms with Gasteiger partial charge in [-0.3, -0.25) is 4.79 Å². The molecule has 0 unspecified atom stereocenters. The lowest BCUT2D eigenvalue weighted by Crippen LogP contribution is -2.38. The Balaban J connectivity index is 1.69. The first-order chi connectivity index (χ1) is 11.8. The molecule has 0 spiro atoms. The van der Waals surface area contributed by atoms with Crippen molar-refractivity contribution in [1.29, 1.82) is 0 Å². The van der Waals surface area contributed by atoms with Crippen LogP contribution >= 0.6 is 0 Å². The van der Waals surface area contributed by atoms with Gasteiger partial charge < -0.3 is 14.4 Å². The van der Waals surface area contributed by atoms with Gasteiger partial charge in [0.25, 0.3) is 5.91 Å². The first-order valence-corrected chi connectivity index (χ1v) is 7.66. The van der Waals surface area contributed by atoms with Gasteiger partial charge in [0.2, 0.25) is 0 Å². The second kappa shape index (κ2) is 6.66. The summed E-state index contributed by atoms with van der Waals surface area (Å²) >= 11 is 0. The third-order valence-corrected chi connectivity index (χ3v) is 3.90. The highest BCUT2D eigenvalue weighted by Gasteiger charge is 2.33. The smallest absolute Gasteiger partial charge is 0.480 e. The van der Waals surface area contributed by atoms with E-state index in [-0.39, 0.29) is 23.8 Å². The van der Waals surface area contributed by atoms with Gasteiger partial charge in [-0.25, -0.2) is 0 Å². The van der Waals surface area contributed by atoms with E-state index in [2.05, 4.69) is 4.74 Å². The Bertz CT molecular complexity index is 751. The highest BCUT2D eigenvalue weighted by molar-refractivity contribution is 5.82. The van der Waals surface area contributed by atoms with Crippen molar-refractivity contribution in [2.75, 3.05) is 7.05 Å². The zero-order chi connectivity index (χ0) is 18.0. The molecule has 4 nitrogen and oxygen atoms in total. The van der Waals surface area contributed by atoms with E-state index in [1.54, 1.807) is 12.1 Å². The molecule has 0 saturated heterocycles. The summed E-state index contributed by atoms with van der Waals surface area (Å²) in [4.78, 5) is 13.9. The highest BCUT2D eigenvalue weighted by atomic mass is 19.4. The summed E-state index contributed by atoms with van der Waals surface area (Å²) in [6.07, 6.45) is -5.01. The summed E-state index contributed by atoms with van der Waals surface area (Å²) in [5.74, 6) is 0.0540. The number of likely N-dealkylation sites (N-methyl/N-ethyl adjacent to an activating group) is 1. The van der Waals surface area contributed by atoms with Crippen LogP contribution in [0.4, 0.5) is 13.2 Å². The van der Waals surface area contributed by atoms with Gasteiger partial charge in [-0.2, -0.15) is 0 Å². The fraction of sp³-hybridized carbons (Fsp3) is 0.278. The predicted molar refractivity (Wildman–Crippen MR) is 84.2 cm³/mol. The molecule has 0 fully saturated rings. The van der Waals surface area contributed by atoms with Gasteiger partial charge in [-0.1, -0.05) is 36.4 Å². The van der Waals surface area contributed by atoms with Crippen molar-refractivity contribution < 1.29 is 27.4 Å². The maximum Gasteiger partial charge on any atom is 0.573 e. The maximum atomic E-state index is 12.6. The summed E-state index contributed by atoms with van der Waals surface area (Å²) < 4.78 is 47.1. The van der Waals surface area contributed by atoms with Gasteiger partial charge in [0.1, 0.15) is 11.5 Å². The predicted octanol–water partition coefficient (Wildman–Crippen LogP) is 3.55. The topological polar surface area (TPSA) is 38.8 Å². The van der Waals surface area contributed by atoms with E-state index in [1.807, 2.05) is 18.2 Å². The highest BCUT2D eigenvalue weighted by Crippen LogP contribution is 2.30. The maximum absolute atomic E-state index is 12.6. The quantitative estimate of drug-likeness (QED) is 0.846. The average Bonchev–Trinajstić information content (AvgIpc) is 2.98. The summed E-state index contributed by atoms with van der Waals surface area (Å²) in [6, 6.07) is 13.1. The molecule has 1 aliphatic heterocycles. The number of benzene rings is 2. The number of carbonyl (C=O) groups excluding carboxylic acids is 1. The van der Waals surface area contributed by atoms with Crippen LogP contribution in [0.3, 0.4) is 0 Å². The molecule has 0 aliphatic carbocycles. The van der Waals surface area contributed by atoms with Gasteiger partial charge in [-0.05, 0) is 17.7 Å². The summed E-state index contributed by atoms with van der Waals surface area (Å²) in [5, 5.41) is 0. The standard InChI is InChI=1S/C18H16F3NO3/c1-22(11-13-7-3-5-9-15(13)25-18(19,20)21)17(23)16-10-12-6-2-4-8-14(12)24-16/h2-9,16H,10-11H2,1H3/t16-/m1/s1. The van der Waals surface area contributed by atoms with E-state index in [9.17, 15) is 18.0 Å². The van der Waals surface area contributed by atoms with Gasteiger partial charge in [-0.15, -0.1) is 13.2 Å². The monoisotopic (exact) mass is 351 g/mol. The summed E-state index contributed by atoms with van der Waals surface area (Å²) in [6.45, 7) is -0.0126. The largest absolute Gasteiger partial charge is 0.573 e. The number of hydrogen-bond donors (Lipinski definition) is 0. The van der Waals surface area contributed by atoms with Gasteiger partial charge in [0.05, 0.1) is 0 Å². The number of rotatable bonds is 4. The fourth-order valence-corrected chi connectivity index (χ4v) is 2.76. The number of fused-ring (bicyclic) bond motifs is 1. The van der Waals surface area contributed by atoms with Crippen molar-refractivity contribution in [1.82, 2.24) is 4.90 Å². The molecular formula is C18H16F3NO3. The van der Waals surface area contributed by atoms with Crippen molar-refractivity contribution in [3.8, 4) is 11.5 Å². The second-order valence-electron chi connectivity index (χ2n) is 5.77. The first-order valence-electron chi connectivity index (χ1n) is 7.66. The third kappa shape index (κ3) is 4.04. The molecular weight excluding hydrogens is 335 g/mol. The fourth-order valence-electron chi connectivity index (χ4n) is 2.76. The van der Waals surface area contributed by atoms with E-state index in [0.717, 1.165) is 5.56 Å². The normalized spacial score (nSPS) is 16.1. The number of ether oxygens (including phenoxy) is 2. The molecule has 0 N–H and O–H groups in total. The molecule has 0 aromatic heterocycles. The number of amides is 1. The van der Waals surface area contributed by atoms with Crippen molar-refractivity contribution in [3.05, 3.63) is 59.7 Å². The van der Waals surface area contributed by atoms with Crippen LogP contribution in [0.1, 0.15) is 11.1 Å². The Kier molecular flexibility index (Phi) is 4.57. The van der Waals surface area contributed by atoms with Gasteiger partial charge in [0.15, 0.2) is 6.10 Å².